The number of carbonyl (C=O) groups excluding carboxylic acids is 1. The van der Waals surface area contributed by atoms with Crippen molar-refractivity contribution in [2.24, 2.45) is 5.92 Å². The first kappa shape index (κ1) is 12.6. The second-order valence-electron chi connectivity index (χ2n) is 3.84. The number of benzene rings is 1. The van der Waals surface area contributed by atoms with Crippen molar-refractivity contribution in [2.75, 3.05) is 6.61 Å². The van der Waals surface area contributed by atoms with Gasteiger partial charge >= 0.3 is 5.97 Å². The summed E-state index contributed by atoms with van der Waals surface area (Å²) in [4.78, 5) is 11.2. The zero-order valence-electron chi connectivity index (χ0n) is 10.0. The van der Waals surface area contributed by atoms with Gasteiger partial charge in [-0.05, 0) is 24.6 Å². The first-order chi connectivity index (χ1) is 7.63. The lowest BCUT2D eigenvalue weighted by Crippen LogP contribution is -2.11. The highest BCUT2D eigenvalue weighted by atomic mass is 16.5. The Hall–Kier alpha value is -1.51. The van der Waals surface area contributed by atoms with Gasteiger partial charge in [0.2, 0.25) is 0 Å². The van der Waals surface area contributed by atoms with Gasteiger partial charge in [0.05, 0.1) is 12.5 Å². The highest BCUT2D eigenvalue weighted by Gasteiger charge is 2.07. The molecule has 0 aliphatic heterocycles. The predicted molar refractivity (Wildman–Crippen MR) is 62.2 cm³/mol. The molecule has 0 N–H and O–H groups in total. The number of hydrogen-bond donors (Lipinski definition) is 0. The lowest BCUT2D eigenvalue weighted by Gasteiger charge is -2.08. The molecular weight excluding hydrogens is 204 g/mol. The zero-order valence-corrected chi connectivity index (χ0v) is 10.0. The van der Waals surface area contributed by atoms with Crippen LogP contribution in [-0.2, 0) is 16.1 Å². The van der Waals surface area contributed by atoms with Crippen LogP contribution in [0.2, 0.25) is 0 Å². The lowest BCUT2D eigenvalue weighted by molar-refractivity contribution is -0.148. The fourth-order valence-corrected chi connectivity index (χ4v) is 1.17. The van der Waals surface area contributed by atoms with Crippen LogP contribution in [0.15, 0.2) is 24.3 Å². The summed E-state index contributed by atoms with van der Waals surface area (Å²) in [6.45, 7) is 6.56. The third kappa shape index (κ3) is 3.93. The van der Waals surface area contributed by atoms with Crippen LogP contribution in [0.3, 0.4) is 0 Å². The molecule has 0 unspecified atom stereocenters. The molecule has 0 spiro atoms. The molecule has 0 radical (unpaired) electrons. The Labute approximate surface area is 96.4 Å². The zero-order chi connectivity index (χ0) is 12.0. The standard InChI is InChI=1S/C13H18O3/c1-4-15-12-7-5-11(6-8-12)9-16-13(14)10(2)3/h5-8,10H,4,9H2,1-3H3. The van der Waals surface area contributed by atoms with Crippen LogP contribution < -0.4 is 4.74 Å². The van der Waals surface area contributed by atoms with E-state index in [1.54, 1.807) is 0 Å². The molecule has 0 aliphatic carbocycles. The van der Waals surface area contributed by atoms with E-state index in [0.29, 0.717) is 13.2 Å². The van der Waals surface area contributed by atoms with E-state index in [-0.39, 0.29) is 11.9 Å². The number of ether oxygens (including phenoxy) is 2. The third-order valence-corrected chi connectivity index (χ3v) is 2.09. The van der Waals surface area contributed by atoms with Gasteiger partial charge < -0.3 is 9.47 Å². The second-order valence-corrected chi connectivity index (χ2v) is 3.84. The average molecular weight is 222 g/mol. The Kier molecular flexibility index (Phi) is 4.83. The fourth-order valence-electron chi connectivity index (χ4n) is 1.17. The molecule has 1 rings (SSSR count). The Balaban J connectivity index is 2.46. The summed E-state index contributed by atoms with van der Waals surface area (Å²) in [5.74, 6) is 0.581. The van der Waals surface area contributed by atoms with Crippen molar-refractivity contribution in [2.45, 2.75) is 27.4 Å². The van der Waals surface area contributed by atoms with E-state index in [1.165, 1.54) is 0 Å². The van der Waals surface area contributed by atoms with E-state index >= 15 is 0 Å². The molecule has 88 valence electrons. The monoisotopic (exact) mass is 222 g/mol. The molecule has 1 aromatic rings. The van der Waals surface area contributed by atoms with Crippen LogP contribution >= 0.6 is 0 Å². The molecule has 3 heteroatoms. The minimum atomic E-state index is -0.172. The molecule has 0 aromatic heterocycles. The van der Waals surface area contributed by atoms with Crippen molar-refractivity contribution >= 4 is 5.97 Å². The summed E-state index contributed by atoms with van der Waals surface area (Å²) in [5.41, 5.74) is 0.970. The summed E-state index contributed by atoms with van der Waals surface area (Å²) in [7, 11) is 0. The number of rotatable bonds is 5. The minimum absolute atomic E-state index is 0.0808. The van der Waals surface area contributed by atoms with Crippen molar-refractivity contribution in [3.8, 4) is 5.75 Å². The third-order valence-electron chi connectivity index (χ3n) is 2.09. The molecule has 0 saturated heterocycles. The van der Waals surface area contributed by atoms with Crippen LogP contribution in [0.1, 0.15) is 26.3 Å². The van der Waals surface area contributed by atoms with Crippen molar-refractivity contribution in [1.82, 2.24) is 0 Å². The van der Waals surface area contributed by atoms with Gasteiger partial charge in [-0.1, -0.05) is 26.0 Å². The van der Waals surface area contributed by atoms with Crippen LogP contribution in [0.5, 0.6) is 5.75 Å². The Morgan fingerprint density at radius 2 is 1.88 bits per heavy atom. The van der Waals surface area contributed by atoms with E-state index in [1.807, 2.05) is 45.0 Å². The molecule has 3 nitrogen and oxygen atoms in total. The van der Waals surface area contributed by atoms with E-state index in [0.717, 1.165) is 11.3 Å². The lowest BCUT2D eigenvalue weighted by atomic mass is 10.2. The van der Waals surface area contributed by atoms with Crippen molar-refractivity contribution in [1.29, 1.82) is 0 Å². The number of hydrogen-bond acceptors (Lipinski definition) is 3. The predicted octanol–water partition coefficient (Wildman–Crippen LogP) is 2.78. The van der Waals surface area contributed by atoms with Gasteiger partial charge in [0.15, 0.2) is 0 Å². The van der Waals surface area contributed by atoms with Crippen molar-refractivity contribution < 1.29 is 14.3 Å². The van der Waals surface area contributed by atoms with E-state index < -0.39 is 0 Å². The van der Waals surface area contributed by atoms with Gasteiger partial charge in [0.25, 0.3) is 0 Å². The van der Waals surface area contributed by atoms with E-state index in [9.17, 15) is 4.79 Å². The van der Waals surface area contributed by atoms with Crippen LogP contribution in [0, 0.1) is 5.92 Å². The molecule has 0 fully saturated rings. The van der Waals surface area contributed by atoms with Gasteiger partial charge in [-0.15, -0.1) is 0 Å². The van der Waals surface area contributed by atoms with Crippen LogP contribution in [0.25, 0.3) is 0 Å². The van der Waals surface area contributed by atoms with E-state index in [2.05, 4.69) is 0 Å². The molecule has 0 bridgehead atoms. The Bertz CT molecular complexity index is 328. The molecule has 0 saturated carbocycles. The van der Waals surface area contributed by atoms with Gasteiger partial charge in [0, 0.05) is 0 Å². The highest BCUT2D eigenvalue weighted by Crippen LogP contribution is 2.13. The maximum Gasteiger partial charge on any atom is 0.308 e. The van der Waals surface area contributed by atoms with Gasteiger partial charge in [-0.25, -0.2) is 0 Å². The number of carbonyl (C=O) groups is 1. The van der Waals surface area contributed by atoms with Gasteiger partial charge in [-0.3, -0.25) is 4.79 Å². The second kappa shape index (κ2) is 6.16. The van der Waals surface area contributed by atoms with Gasteiger partial charge in [-0.2, -0.15) is 0 Å². The topological polar surface area (TPSA) is 35.5 Å². The summed E-state index contributed by atoms with van der Waals surface area (Å²) in [6, 6.07) is 7.56. The van der Waals surface area contributed by atoms with Crippen LogP contribution in [-0.4, -0.2) is 12.6 Å². The first-order valence-corrected chi connectivity index (χ1v) is 5.52. The average Bonchev–Trinajstić information content (AvgIpc) is 2.28. The van der Waals surface area contributed by atoms with Crippen molar-refractivity contribution in [3.05, 3.63) is 29.8 Å². The maximum atomic E-state index is 11.2. The highest BCUT2D eigenvalue weighted by molar-refractivity contribution is 5.71. The Morgan fingerprint density at radius 3 is 2.38 bits per heavy atom. The maximum absolute atomic E-state index is 11.2. The van der Waals surface area contributed by atoms with Crippen LogP contribution in [0.4, 0.5) is 0 Å². The molecule has 0 amide bonds. The summed E-state index contributed by atoms with van der Waals surface area (Å²) < 4.78 is 10.4. The molecule has 16 heavy (non-hydrogen) atoms. The Morgan fingerprint density at radius 1 is 1.25 bits per heavy atom. The largest absolute Gasteiger partial charge is 0.494 e. The summed E-state index contributed by atoms with van der Waals surface area (Å²) in [5, 5.41) is 0. The number of esters is 1. The van der Waals surface area contributed by atoms with Crippen molar-refractivity contribution in [3.63, 3.8) is 0 Å². The fraction of sp³-hybridized carbons (Fsp3) is 0.462. The molecule has 0 aliphatic rings. The first-order valence-electron chi connectivity index (χ1n) is 5.52. The summed E-state index contributed by atoms with van der Waals surface area (Å²) in [6.07, 6.45) is 0. The van der Waals surface area contributed by atoms with Gasteiger partial charge in [0.1, 0.15) is 12.4 Å². The normalized spacial score (nSPS) is 10.2. The molecule has 0 atom stereocenters. The summed E-state index contributed by atoms with van der Waals surface area (Å²) >= 11 is 0. The van der Waals surface area contributed by atoms with E-state index in [4.69, 9.17) is 9.47 Å². The smallest absolute Gasteiger partial charge is 0.308 e. The molecule has 1 aromatic carbocycles. The SMILES string of the molecule is CCOc1ccc(COC(=O)C(C)C)cc1. The molecule has 0 heterocycles. The molecular formula is C13H18O3. The minimum Gasteiger partial charge on any atom is -0.494 e. The quantitative estimate of drug-likeness (QED) is 0.719.